The predicted octanol–water partition coefficient (Wildman–Crippen LogP) is 2.27. The quantitative estimate of drug-likeness (QED) is 0.741. The van der Waals surface area contributed by atoms with Gasteiger partial charge < -0.3 is 14.6 Å². The highest BCUT2D eigenvalue weighted by molar-refractivity contribution is 5.79. The average molecular weight is 232 g/mol. The maximum absolute atomic E-state index is 4.98. The lowest BCUT2D eigenvalue weighted by Gasteiger charge is -2.06. The van der Waals surface area contributed by atoms with E-state index in [1.165, 1.54) is 10.9 Å². The molecule has 3 heteroatoms. The second kappa shape index (κ2) is 6.42. The topological polar surface area (TPSA) is 26.2 Å². The van der Waals surface area contributed by atoms with Crippen LogP contribution in [0.2, 0.25) is 0 Å². The summed E-state index contributed by atoms with van der Waals surface area (Å²) in [4.78, 5) is 0. The number of aryl methyl sites for hydroxylation is 1. The number of rotatable bonds is 7. The molecule has 1 aromatic carbocycles. The first-order chi connectivity index (χ1) is 8.42. The van der Waals surface area contributed by atoms with E-state index in [-0.39, 0.29) is 0 Å². The molecule has 1 N–H and O–H groups in total. The van der Waals surface area contributed by atoms with E-state index in [2.05, 4.69) is 46.4 Å². The van der Waals surface area contributed by atoms with Crippen LogP contribution in [0.1, 0.15) is 6.42 Å². The summed E-state index contributed by atoms with van der Waals surface area (Å²) in [5.41, 5.74) is 1.32. The van der Waals surface area contributed by atoms with Crippen LogP contribution >= 0.6 is 0 Å². The van der Waals surface area contributed by atoms with E-state index >= 15 is 0 Å². The first-order valence-corrected chi connectivity index (χ1v) is 6.15. The van der Waals surface area contributed by atoms with E-state index in [4.69, 9.17) is 4.74 Å². The van der Waals surface area contributed by atoms with Gasteiger partial charge in [-0.25, -0.2) is 0 Å². The molecule has 1 aromatic heterocycles. The minimum absolute atomic E-state index is 0.784. The molecule has 0 bridgehead atoms. The maximum Gasteiger partial charge on any atom is 0.0587 e. The lowest BCUT2D eigenvalue weighted by atomic mass is 10.2. The highest BCUT2D eigenvalue weighted by Crippen LogP contribution is 2.14. The number of hydrogen-bond donors (Lipinski definition) is 1. The van der Waals surface area contributed by atoms with Crippen LogP contribution in [0.3, 0.4) is 0 Å². The van der Waals surface area contributed by atoms with Gasteiger partial charge in [-0.3, -0.25) is 0 Å². The second-order valence-corrected chi connectivity index (χ2v) is 4.16. The zero-order valence-corrected chi connectivity index (χ0v) is 10.4. The van der Waals surface area contributed by atoms with Gasteiger partial charge in [-0.2, -0.15) is 0 Å². The molecule has 0 unspecified atom stereocenters. The van der Waals surface area contributed by atoms with Crippen LogP contribution in [-0.2, 0) is 11.3 Å². The van der Waals surface area contributed by atoms with Crippen LogP contribution in [0.5, 0.6) is 0 Å². The number of fused-ring (bicyclic) bond motifs is 1. The Hall–Kier alpha value is -1.32. The van der Waals surface area contributed by atoms with Gasteiger partial charge in [-0.1, -0.05) is 18.2 Å². The molecule has 0 atom stereocenters. The number of hydrogen-bond acceptors (Lipinski definition) is 2. The molecule has 2 rings (SSSR count). The van der Waals surface area contributed by atoms with Crippen molar-refractivity contribution in [2.75, 3.05) is 26.8 Å². The molecule has 0 aliphatic rings. The number of nitrogens with one attached hydrogen (secondary N) is 1. The summed E-state index contributed by atoms with van der Waals surface area (Å²) in [6.45, 7) is 3.82. The van der Waals surface area contributed by atoms with Crippen molar-refractivity contribution in [3.63, 3.8) is 0 Å². The average Bonchev–Trinajstić information content (AvgIpc) is 2.77. The van der Waals surface area contributed by atoms with Crippen LogP contribution in [0.4, 0.5) is 0 Å². The van der Waals surface area contributed by atoms with Crippen molar-refractivity contribution in [1.29, 1.82) is 0 Å². The van der Waals surface area contributed by atoms with Gasteiger partial charge in [0.25, 0.3) is 0 Å². The molecule has 0 aliphatic carbocycles. The Morgan fingerprint density at radius 3 is 2.94 bits per heavy atom. The zero-order valence-electron chi connectivity index (χ0n) is 10.4. The molecule has 0 fully saturated rings. The molecule has 1 heterocycles. The summed E-state index contributed by atoms with van der Waals surface area (Å²) in [5.74, 6) is 0. The predicted molar refractivity (Wildman–Crippen MR) is 71.3 cm³/mol. The maximum atomic E-state index is 4.98. The van der Waals surface area contributed by atoms with Crippen LogP contribution in [0.25, 0.3) is 10.9 Å². The van der Waals surface area contributed by atoms with Crippen molar-refractivity contribution in [2.45, 2.75) is 13.0 Å². The van der Waals surface area contributed by atoms with Crippen molar-refractivity contribution in [2.24, 2.45) is 0 Å². The molecule has 0 aliphatic heterocycles. The smallest absolute Gasteiger partial charge is 0.0587 e. The van der Waals surface area contributed by atoms with Crippen LogP contribution in [0.15, 0.2) is 36.5 Å². The van der Waals surface area contributed by atoms with Gasteiger partial charge in [0.05, 0.1) is 6.61 Å². The largest absolute Gasteiger partial charge is 0.383 e. The fraction of sp³-hybridized carbons (Fsp3) is 0.429. The first-order valence-electron chi connectivity index (χ1n) is 6.15. The van der Waals surface area contributed by atoms with Crippen molar-refractivity contribution in [1.82, 2.24) is 9.88 Å². The van der Waals surface area contributed by atoms with E-state index in [0.29, 0.717) is 0 Å². The van der Waals surface area contributed by atoms with Gasteiger partial charge in [0.2, 0.25) is 0 Å². The fourth-order valence-corrected chi connectivity index (χ4v) is 2.01. The molecule has 3 nitrogen and oxygen atoms in total. The lowest BCUT2D eigenvalue weighted by molar-refractivity contribution is 0.199. The van der Waals surface area contributed by atoms with Gasteiger partial charge in [0.15, 0.2) is 0 Å². The summed E-state index contributed by atoms with van der Waals surface area (Å²) in [6.07, 6.45) is 3.31. The molecular weight excluding hydrogens is 212 g/mol. The summed E-state index contributed by atoms with van der Waals surface area (Å²) in [5, 5.41) is 4.68. The van der Waals surface area contributed by atoms with Crippen LogP contribution < -0.4 is 5.32 Å². The Morgan fingerprint density at radius 1 is 1.18 bits per heavy atom. The van der Waals surface area contributed by atoms with Gasteiger partial charge >= 0.3 is 0 Å². The summed E-state index contributed by atoms with van der Waals surface area (Å²) >= 11 is 0. The molecule has 0 spiro atoms. The van der Waals surface area contributed by atoms with Gasteiger partial charge in [0, 0.05) is 31.9 Å². The summed E-state index contributed by atoms with van der Waals surface area (Å²) in [7, 11) is 1.73. The van der Waals surface area contributed by atoms with E-state index < -0.39 is 0 Å². The number of ether oxygens (including phenoxy) is 1. The fourth-order valence-electron chi connectivity index (χ4n) is 2.01. The standard InChI is InChI=1S/C14H20N2O/c1-17-12-9-15-8-4-10-16-11-7-13-5-2-3-6-14(13)16/h2-3,5-7,11,15H,4,8-10,12H2,1H3. The van der Waals surface area contributed by atoms with Crippen molar-refractivity contribution in [3.8, 4) is 0 Å². The Labute approximate surface area is 102 Å². The Morgan fingerprint density at radius 2 is 2.06 bits per heavy atom. The van der Waals surface area contributed by atoms with E-state index in [0.717, 1.165) is 32.7 Å². The molecule has 0 saturated carbocycles. The molecule has 0 amide bonds. The van der Waals surface area contributed by atoms with E-state index in [1.54, 1.807) is 7.11 Å². The molecule has 0 saturated heterocycles. The third kappa shape index (κ3) is 3.32. The molecule has 17 heavy (non-hydrogen) atoms. The first kappa shape index (κ1) is 12.1. The van der Waals surface area contributed by atoms with Gasteiger partial charge in [-0.05, 0) is 30.5 Å². The molecule has 0 radical (unpaired) electrons. The molecular formula is C14H20N2O. The van der Waals surface area contributed by atoms with Gasteiger partial charge in [0.1, 0.15) is 0 Å². The number of methoxy groups -OCH3 is 1. The SMILES string of the molecule is COCCNCCCn1ccc2ccccc21. The molecule has 92 valence electrons. The summed E-state index contributed by atoms with van der Waals surface area (Å²) in [6, 6.07) is 10.7. The lowest BCUT2D eigenvalue weighted by Crippen LogP contribution is -2.21. The third-order valence-electron chi connectivity index (χ3n) is 2.92. The van der Waals surface area contributed by atoms with E-state index in [9.17, 15) is 0 Å². The Balaban J connectivity index is 1.79. The number of nitrogens with zero attached hydrogens (tertiary/aromatic N) is 1. The van der Waals surface area contributed by atoms with Crippen molar-refractivity contribution < 1.29 is 4.74 Å². The minimum Gasteiger partial charge on any atom is -0.383 e. The third-order valence-corrected chi connectivity index (χ3v) is 2.92. The Kier molecular flexibility index (Phi) is 4.59. The second-order valence-electron chi connectivity index (χ2n) is 4.16. The highest BCUT2D eigenvalue weighted by Gasteiger charge is 1.98. The van der Waals surface area contributed by atoms with Gasteiger partial charge in [-0.15, -0.1) is 0 Å². The number of benzene rings is 1. The number of aromatic nitrogens is 1. The minimum atomic E-state index is 0.784. The Bertz CT molecular complexity index is 450. The molecule has 2 aromatic rings. The van der Waals surface area contributed by atoms with E-state index in [1.807, 2.05) is 0 Å². The summed E-state index contributed by atoms with van der Waals surface area (Å²) < 4.78 is 7.30. The van der Waals surface area contributed by atoms with Crippen molar-refractivity contribution in [3.05, 3.63) is 36.5 Å². The van der Waals surface area contributed by atoms with Crippen LogP contribution in [0, 0.1) is 0 Å². The van der Waals surface area contributed by atoms with Crippen LogP contribution in [-0.4, -0.2) is 31.4 Å². The van der Waals surface area contributed by atoms with Crippen molar-refractivity contribution >= 4 is 10.9 Å². The monoisotopic (exact) mass is 232 g/mol. The zero-order chi connectivity index (χ0) is 11.9. The normalized spacial score (nSPS) is 11.1. The number of para-hydroxylation sites is 1. The highest BCUT2D eigenvalue weighted by atomic mass is 16.5.